The molecule has 2 atom stereocenters. The third kappa shape index (κ3) is 5.75. The van der Waals surface area contributed by atoms with Crippen LogP contribution in [0.5, 0.6) is 0 Å². The molecule has 8 nitrogen and oxygen atoms in total. The summed E-state index contributed by atoms with van der Waals surface area (Å²) in [5, 5.41) is 13.1. The molecule has 1 aromatic rings. The van der Waals surface area contributed by atoms with Gasteiger partial charge in [0.05, 0.1) is 12.4 Å². The average Bonchev–Trinajstić information content (AvgIpc) is 3.01. The monoisotopic (exact) mass is 415 g/mol. The van der Waals surface area contributed by atoms with Crippen LogP contribution < -0.4 is 21.3 Å². The molecule has 1 aliphatic heterocycles. The molecular formula is C22H33N5O3. The van der Waals surface area contributed by atoms with Gasteiger partial charge in [-0.3, -0.25) is 10.2 Å². The molecule has 1 saturated heterocycles. The number of amidine groups is 1. The Morgan fingerprint density at radius 3 is 2.53 bits per heavy atom. The third-order valence-electron chi connectivity index (χ3n) is 5.23. The standard InChI is InChI=1S/C22H33N5O3/c1-6-30-14(2)17(22(3,4)5)13-25-21(29)26-18-11-12-27(20(18)28)16-9-7-15(8-10-16)19(23)24/h7-10,17-18H,2,6,11-13H2,1,3-5H3,(H3,23,24)(H2,25,26,29). The van der Waals surface area contributed by atoms with Crippen molar-refractivity contribution in [3.05, 3.63) is 42.2 Å². The SMILES string of the molecule is C=C(OCC)C(CNC(=O)NC1CCN(c2ccc(C(=N)N)cc2)C1=O)C(C)(C)C. The number of benzene rings is 1. The number of nitrogen functional groups attached to an aromatic ring is 1. The zero-order chi connectivity index (χ0) is 22.5. The van der Waals surface area contributed by atoms with E-state index < -0.39 is 6.04 Å². The molecule has 1 heterocycles. The summed E-state index contributed by atoms with van der Waals surface area (Å²) in [5.41, 5.74) is 6.65. The summed E-state index contributed by atoms with van der Waals surface area (Å²) >= 11 is 0. The van der Waals surface area contributed by atoms with Crippen molar-refractivity contribution in [2.24, 2.45) is 17.1 Å². The van der Waals surface area contributed by atoms with Crippen molar-refractivity contribution in [2.75, 3.05) is 24.6 Å². The molecule has 5 N–H and O–H groups in total. The Bertz CT molecular complexity index is 798. The second-order valence-corrected chi connectivity index (χ2v) is 8.46. The van der Waals surface area contributed by atoms with Gasteiger partial charge in [-0.15, -0.1) is 0 Å². The number of urea groups is 1. The summed E-state index contributed by atoms with van der Waals surface area (Å²) < 4.78 is 5.55. The number of anilines is 1. The molecule has 8 heteroatoms. The van der Waals surface area contributed by atoms with Crippen LogP contribution in [0, 0.1) is 16.7 Å². The van der Waals surface area contributed by atoms with Crippen molar-refractivity contribution in [3.63, 3.8) is 0 Å². The minimum Gasteiger partial charge on any atom is -0.498 e. The first-order chi connectivity index (χ1) is 14.0. The average molecular weight is 416 g/mol. The Morgan fingerprint density at radius 1 is 1.37 bits per heavy atom. The van der Waals surface area contributed by atoms with E-state index >= 15 is 0 Å². The Morgan fingerprint density at radius 2 is 2.00 bits per heavy atom. The molecule has 1 fully saturated rings. The number of amides is 3. The van der Waals surface area contributed by atoms with E-state index in [9.17, 15) is 9.59 Å². The highest BCUT2D eigenvalue weighted by Gasteiger charge is 2.34. The van der Waals surface area contributed by atoms with Crippen LogP contribution in [-0.4, -0.2) is 43.5 Å². The number of hydrogen-bond acceptors (Lipinski definition) is 4. The summed E-state index contributed by atoms with van der Waals surface area (Å²) in [6.45, 7) is 13.5. The van der Waals surface area contributed by atoms with Gasteiger partial charge in [-0.25, -0.2) is 4.79 Å². The lowest BCUT2D eigenvalue weighted by molar-refractivity contribution is -0.118. The van der Waals surface area contributed by atoms with Crippen LogP contribution in [0.2, 0.25) is 0 Å². The van der Waals surface area contributed by atoms with Gasteiger partial charge in [-0.2, -0.15) is 0 Å². The van der Waals surface area contributed by atoms with Crippen molar-refractivity contribution in [3.8, 4) is 0 Å². The Balaban J connectivity index is 1.93. The summed E-state index contributed by atoms with van der Waals surface area (Å²) in [6.07, 6.45) is 0.523. The first-order valence-electron chi connectivity index (χ1n) is 10.2. The van der Waals surface area contributed by atoms with Gasteiger partial charge in [0.15, 0.2) is 0 Å². The highest BCUT2D eigenvalue weighted by molar-refractivity contribution is 6.02. The predicted molar refractivity (Wildman–Crippen MR) is 118 cm³/mol. The van der Waals surface area contributed by atoms with Crippen LogP contribution in [0.1, 0.15) is 39.7 Å². The molecule has 1 aliphatic rings. The molecule has 0 saturated carbocycles. The van der Waals surface area contributed by atoms with Crippen molar-refractivity contribution >= 4 is 23.5 Å². The van der Waals surface area contributed by atoms with Gasteiger partial charge >= 0.3 is 6.03 Å². The van der Waals surface area contributed by atoms with Crippen molar-refractivity contribution < 1.29 is 14.3 Å². The maximum absolute atomic E-state index is 12.7. The minimum atomic E-state index is -0.583. The molecule has 164 valence electrons. The number of rotatable bonds is 8. The first kappa shape index (κ1) is 23.3. The number of nitrogens with two attached hydrogens (primary N) is 1. The number of hydrogen-bond donors (Lipinski definition) is 4. The fourth-order valence-electron chi connectivity index (χ4n) is 3.48. The fraction of sp³-hybridized carbons (Fsp3) is 0.500. The van der Waals surface area contributed by atoms with Gasteiger partial charge in [-0.1, -0.05) is 27.4 Å². The number of ether oxygens (including phenoxy) is 1. The van der Waals surface area contributed by atoms with E-state index in [1.54, 1.807) is 29.2 Å². The lowest BCUT2D eigenvalue weighted by Crippen LogP contribution is -2.48. The lowest BCUT2D eigenvalue weighted by atomic mass is 9.79. The highest BCUT2D eigenvalue weighted by atomic mass is 16.5. The lowest BCUT2D eigenvalue weighted by Gasteiger charge is -2.32. The van der Waals surface area contributed by atoms with Gasteiger partial charge in [0, 0.05) is 30.3 Å². The molecule has 3 amide bonds. The highest BCUT2D eigenvalue weighted by Crippen LogP contribution is 2.31. The fourth-order valence-corrected chi connectivity index (χ4v) is 3.48. The normalized spacial score (nSPS) is 17.4. The predicted octanol–water partition coefficient (Wildman–Crippen LogP) is 2.59. The van der Waals surface area contributed by atoms with Gasteiger partial charge in [0.25, 0.3) is 0 Å². The van der Waals surface area contributed by atoms with E-state index in [-0.39, 0.29) is 29.1 Å². The molecule has 0 radical (unpaired) electrons. The Kier molecular flexibility index (Phi) is 7.48. The van der Waals surface area contributed by atoms with Crippen LogP contribution in [0.25, 0.3) is 0 Å². The van der Waals surface area contributed by atoms with E-state index in [1.165, 1.54) is 0 Å². The first-order valence-corrected chi connectivity index (χ1v) is 10.2. The number of nitrogens with zero attached hydrogens (tertiary/aromatic N) is 1. The van der Waals surface area contributed by atoms with Crippen LogP contribution in [0.15, 0.2) is 36.6 Å². The topological polar surface area (TPSA) is 121 Å². The van der Waals surface area contributed by atoms with Crippen molar-refractivity contribution in [2.45, 2.75) is 40.2 Å². The number of carbonyl (C=O) groups excluding carboxylic acids is 2. The number of nitrogens with one attached hydrogen (secondary N) is 3. The minimum absolute atomic E-state index is 0.0221. The molecule has 0 aromatic heterocycles. The zero-order valence-electron chi connectivity index (χ0n) is 18.2. The third-order valence-corrected chi connectivity index (χ3v) is 5.23. The van der Waals surface area contributed by atoms with E-state index in [4.69, 9.17) is 15.9 Å². The van der Waals surface area contributed by atoms with Gasteiger partial charge in [0.2, 0.25) is 5.91 Å². The summed E-state index contributed by atoms with van der Waals surface area (Å²) in [5.74, 6) is 0.402. The Labute approximate surface area is 178 Å². The van der Waals surface area contributed by atoms with Crippen molar-refractivity contribution in [1.82, 2.24) is 10.6 Å². The largest absolute Gasteiger partial charge is 0.498 e. The second kappa shape index (κ2) is 9.65. The maximum atomic E-state index is 12.7. The van der Waals surface area contributed by atoms with Crippen LogP contribution in [0.3, 0.4) is 0 Å². The second-order valence-electron chi connectivity index (χ2n) is 8.46. The molecule has 30 heavy (non-hydrogen) atoms. The molecular weight excluding hydrogens is 382 g/mol. The van der Waals surface area contributed by atoms with E-state index in [0.717, 1.165) is 5.69 Å². The number of carbonyl (C=O) groups is 2. The quantitative estimate of drug-likeness (QED) is 0.296. The molecule has 0 aliphatic carbocycles. The maximum Gasteiger partial charge on any atom is 0.315 e. The van der Waals surface area contributed by atoms with E-state index in [2.05, 4.69) is 38.0 Å². The zero-order valence-corrected chi connectivity index (χ0v) is 18.2. The van der Waals surface area contributed by atoms with Gasteiger partial charge in [0.1, 0.15) is 11.9 Å². The molecule has 2 rings (SSSR count). The molecule has 2 unspecified atom stereocenters. The summed E-state index contributed by atoms with van der Waals surface area (Å²) in [6, 6.07) is 5.95. The van der Waals surface area contributed by atoms with Crippen LogP contribution in [-0.2, 0) is 9.53 Å². The Hall–Kier alpha value is -3.03. The van der Waals surface area contributed by atoms with Crippen LogP contribution >= 0.6 is 0 Å². The molecule has 0 spiro atoms. The van der Waals surface area contributed by atoms with Crippen molar-refractivity contribution in [1.29, 1.82) is 5.41 Å². The van der Waals surface area contributed by atoms with E-state index in [1.807, 2.05) is 6.92 Å². The van der Waals surface area contributed by atoms with E-state index in [0.29, 0.717) is 37.4 Å². The van der Waals surface area contributed by atoms with Gasteiger partial charge < -0.3 is 26.0 Å². The summed E-state index contributed by atoms with van der Waals surface area (Å²) in [4.78, 5) is 26.8. The summed E-state index contributed by atoms with van der Waals surface area (Å²) in [7, 11) is 0. The molecule has 0 bridgehead atoms. The van der Waals surface area contributed by atoms with Crippen LogP contribution in [0.4, 0.5) is 10.5 Å². The smallest absolute Gasteiger partial charge is 0.315 e. The van der Waals surface area contributed by atoms with Gasteiger partial charge in [-0.05, 0) is 43.0 Å². The molecule has 1 aromatic carbocycles.